The summed E-state index contributed by atoms with van der Waals surface area (Å²) in [6.45, 7) is 0.366. The molecule has 0 aliphatic carbocycles. The number of hydrogen-bond donors (Lipinski definition) is 0. The summed E-state index contributed by atoms with van der Waals surface area (Å²) < 4.78 is 25.0. The monoisotopic (exact) mass is 383 g/mol. The number of sulfonamides is 1. The number of fused-ring (bicyclic) bond motifs is 1. The van der Waals surface area contributed by atoms with E-state index < -0.39 is 10.0 Å². The largest absolute Gasteiger partial charge is 0.292 e. The molecule has 27 heavy (non-hydrogen) atoms. The Balaban J connectivity index is 1.52. The zero-order chi connectivity index (χ0) is 19.0. The second-order valence-electron chi connectivity index (χ2n) is 6.36. The van der Waals surface area contributed by atoms with Crippen molar-refractivity contribution < 1.29 is 13.2 Å². The molecule has 0 fully saturated rings. The first kappa shape index (κ1) is 17.3. The third kappa shape index (κ3) is 3.45. The fourth-order valence-electron chi connectivity index (χ4n) is 3.12. The molecule has 0 amide bonds. The highest BCUT2D eigenvalue weighted by molar-refractivity contribution is 7.92. The van der Waals surface area contributed by atoms with Gasteiger partial charge in [0.05, 0.1) is 11.9 Å². The predicted octanol–water partition coefficient (Wildman–Crippen LogP) is 1.55. The van der Waals surface area contributed by atoms with Gasteiger partial charge in [0, 0.05) is 17.7 Å². The van der Waals surface area contributed by atoms with Gasteiger partial charge in [-0.25, -0.2) is 8.42 Å². The Bertz CT molecular complexity index is 1110. The summed E-state index contributed by atoms with van der Waals surface area (Å²) in [6, 6.07) is 14.5. The van der Waals surface area contributed by atoms with Crippen LogP contribution in [0, 0.1) is 0 Å². The average Bonchev–Trinajstić information content (AvgIpc) is 3.28. The van der Waals surface area contributed by atoms with Gasteiger partial charge in [-0.15, -0.1) is 10.2 Å². The summed E-state index contributed by atoms with van der Waals surface area (Å²) in [5.41, 5.74) is 2.82. The van der Waals surface area contributed by atoms with E-state index in [0.717, 1.165) is 11.1 Å². The highest BCUT2D eigenvalue weighted by atomic mass is 32.2. The molecule has 9 heteroatoms. The fourth-order valence-corrected chi connectivity index (χ4v) is 4.08. The number of benzene rings is 2. The Kier molecular flexibility index (Phi) is 4.23. The smallest absolute Gasteiger partial charge is 0.232 e. The van der Waals surface area contributed by atoms with Crippen molar-refractivity contribution in [1.82, 2.24) is 20.2 Å². The van der Waals surface area contributed by atoms with Crippen molar-refractivity contribution in [3.63, 3.8) is 0 Å². The van der Waals surface area contributed by atoms with Gasteiger partial charge >= 0.3 is 0 Å². The van der Waals surface area contributed by atoms with Gasteiger partial charge in [-0.3, -0.25) is 9.10 Å². The van der Waals surface area contributed by atoms with E-state index >= 15 is 0 Å². The molecule has 0 atom stereocenters. The predicted molar refractivity (Wildman–Crippen MR) is 99.9 cm³/mol. The minimum absolute atomic E-state index is 0.0333. The Labute approximate surface area is 156 Å². The number of hydrogen-bond acceptors (Lipinski definition) is 6. The summed E-state index contributed by atoms with van der Waals surface area (Å²) in [7, 11) is -3.31. The topological polar surface area (TPSA) is 98.1 Å². The number of carbonyl (C=O) groups is 1. The van der Waals surface area contributed by atoms with Gasteiger partial charge in [0.1, 0.15) is 6.54 Å². The summed E-state index contributed by atoms with van der Waals surface area (Å²) in [4.78, 5) is 13.8. The molecule has 0 saturated heterocycles. The van der Waals surface area contributed by atoms with E-state index in [1.165, 1.54) is 15.4 Å². The van der Waals surface area contributed by atoms with E-state index in [9.17, 15) is 13.2 Å². The normalized spacial score (nSPS) is 13.6. The van der Waals surface area contributed by atoms with E-state index in [4.69, 9.17) is 0 Å². The van der Waals surface area contributed by atoms with E-state index in [0.29, 0.717) is 30.0 Å². The van der Waals surface area contributed by atoms with Crippen LogP contribution < -0.4 is 4.31 Å². The third-order valence-electron chi connectivity index (χ3n) is 4.42. The summed E-state index contributed by atoms with van der Waals surface area (Å²) >= 11 is 0. The highest BCUT2D eigenvalue weighted by Gasteiger charge is 2.26. The Morgan fingerprint density at radius 1 is 1.15 bits per heavy atom. The van der Waals surface area contributed by atoms with E-state index in [1.807, 2.05) is 30.3 Å². The van der Waals surface area contributed by atoms with E-state index in [1.54, 1.807) is 18.2 Å². The van der Waals surface area contributed by atoms with Crippen LogP contribution >= 0.6 is 0 Å². The maximum absolute atomic E-state index is 12.6. The lowest BCUT2D eigenvalue weighted by molar-refractivity contribution is 0.0961. The molecule has 0 N–H and O–H groups in total. The van der Waals surface area contributed by atoms with Gasteiger partial charge in [0.15, 0.2) is 5.78 Å². The van der Waals surface area contributed by atoms with E-state index in [2.05, 4.69) is 15.4 Å². The van der Waals surface area contributed by atoms with Crippen LogP contribution in [0.2, 0.25) is 0 Å². The molecule has 138 valence electrons. The minimum atomic E-state index is -3.31. The molecule has 1 aliphatic heterocycles. The molecule has 2 aromatic carbocycles. The molecule has 0 spiro atoms. The second kappa shape index (κ2) is 6.58. The van der Waals surface area contributed by atoms with Crippen molar-refractivity contribution in [2.75, 3.05) is 17.1 Å². The second-order valence-corrected chi connectivity index (χ2v) is 8.27. The molecule has 8 nitrogen and oxygen atoms in total. The van der Waals surface area contributed by atoms with Crippen LogP contribution in [0.3, 0.4) is 0 Å². The Morgan fingerprint density at radius 3 is 2.67 bits per heavy atom. The number of rotatable bonds is 5. The van der Waals surface area contributed by atoms with Gasteiger partial charge in [0.25, 0.3) is 0 Å². The quantitative estimate of drug-likeness (QED) is 0.620. The number of anilines is 1. The van der Waals surface area contributed by atoms with Crippen LogP contribution in [-0.4, -0.2) is 47.2 Å². The van der Waals surface area contributed by atoms with Gasteiger partial charge < -0.3 is 0 Å². The molecule has 0 saturated carbocycles. The molecule has 2 heterocycles. The number of aromatic nitrogens is 4. The molecular formula is C18H17N5O3S. The summed E-state index contributed by atoms with van der Waals surface area (Å²) in [6.07, 6.45) is 1.77. The zero-order valence-corrected chi connectivity index (χ0v) is 15.4. The molecule has 3 aromatic rings. The lowest BCUT2D eigenvalue weighted by Gasteiger charge is -2.16. The zero-order valence-electron chi connectivity index (χ0n) is 14.6. The number of ketones is 1. The van der Waals surface area contributed by atoms with Crippen molar-refractivity contribution in [2.45, 2.75) is 13.0 Å². The molecule has 0 radical (unpaired) electrons. The van der Waals surface area contributed by atoms with Gasteiger partial charge in [-0.1, -0.05) is 30.3 Å². The first-order valence-electron chi connectivity index (χ1n) is 8.39. The molecule has 0 bridgehead atoms. The SMILES string of the molecule is CS(=O)(=O)N1CCc2cc(C(=O)Cn3nnc(-c4ccccc4)n3)ccc21. The Morgan fingerprint density at radius 2 is 1.93 bits per heavy atom. The van der Waals surface area contributed by atoms with Gasteiger partial charge in [-0.05, 0) is 35.4 Å². The van der Waals surface area contributed by atoms with Crippen LogP contribution in [0.15, 0.2) is 48.5 Å². The third-order valence-corrected chi connectivity index (χ3v) is 5.60. The lowest BCUT2D eigenvalue weighted by atomic mass is 10.1. The van der Waals surface area contributed by atoms with Crippen molar-refractivity contribution in [3.8, 4) is 11.4 Å². The van der Waals surface area contributed by atoms with Crippen molar-refractivity contribution >= 4 is 21.5 Å². The minimum Gasteiger partial charge on any atom is -0.292 e. The first-order valence-corrected chi connectivity index (χ1v) is 10.2. The molecule has 1 aromatic heterocycles. The van der Waals surface area contributed by atoms with E-state index in [-0.39, 0.29) is 12.3 Å². The van der Waals surface area contributed by atoms with Crippen molar-refractivity contribution in [2.24, 2.45) is 0 Å². The molecular weight excluding hydrogens is 366 g/mol. The Hall–Kier alpha value is -3.07. The number of Topliss-reactive ketones (excluding diaryl/α,β-unsaturated/α-hetero) is 1. The van der Waals surface area contributed by atoms with Crippen molar-refractivity contribution in [1.29, 1.82) is 0 Å². The van der Waals surface area contributed by atoms with Crippen LogP contribution in [-0.2, 0) is 23.0 Å². The number of tetrazole rings is 1. The summed E-state index contributed by atoms with van der Waals surface area (Å²) in [5, 5.41) is 12.2. The van der Waals surface area contributed by atoms with Crippen LogP contribution in [0.4, 0.5) is 5.69 Å². The molecule has 4 rings (SSSR count). The van der Waals surface area contributed by atoms with Gasteiger partial charge in [0.2, 0.25) is 15.8 Å². The summed E-state index contributed by atoms with van der Waals surface area (Å²) in [5.74, 6) is 0.300. The van der Waals surface area contributed by atoms with Crippen LogP contribution in [0.1, 0.15) is 15.9 Å². The maximum atomic E-state index is 12.6. The molecule has 1 aliphatic rings. The van der Waals surface area contributed by atoms with Crippen molar-refractivity contribution in [3.05, 3.63) is 59.7 Å². The number of carbonyl (C=O) groups excluding carboxylic acids is 1. The van der Waals surface area contributed by atoms with Crippen LogP contribution in [0.25, 0.3) is 11.4 Å². The fraction of sp³-hybridized carbons (Fsp3) is 0.222. The molecule has 0 unspecified atom stereocenters. The standard InChI is InChI=1S/C18H17N5O3S/c1-27(25,26)22-10-9-14-11-15(7-8-16(14)22)17(24)12-23-20-18(19-21-23)13-5-3-2-4-6-13/h2-8,11H,9-10,12H2,1H3. The lowest BCUT2D eigenvalue weighted by Crippen LogP contribution is -2.27. The van der Waals surface area contributed by atoms with Crippen LogP contribution in [0.5, 0.6) is 0 Å². The first-order chi connectivity index (χ1) is 12.9. The maximum Gasteiger partial charge on any atom is 0.232 e. The van der Waals surface area contributed by atoms with Gasteiger partial charge in [-0.2, -0.15) is 4.80 Å². The average molecular weight is 383 g/mol. The number of nitrogens with zero attached hydrogens (tertiary/aromatic N) is 5. The highest BCUT2D eigenvalue weighted by Crippen LogP contribution is 2.30.